The molecule has 0 saturated heterocycles. The number of tetrazole rings is 1. The number of nitrogens with one attached hydrogen (secondary N) is 1. The van der Waals surface area contributed by atoms with E-state index in [1.807, 2.05) is 35.9 Å². The smallest absolute Gasteiger partial charge is 0.234 e. The van der Waals surface area contributed by atoms with Crippen LogP contribution in [0.1, 0.15) is 37.3 Å². The Bertz CT molecular complexity index is 651. The van der Waals surface area contributed by atoms with E-state index < -0.39 is 0 Å². The van der Waals surface area contributed by atoms with E-state index in [4.69, 9.17) is 0 Å². The average Bonchev–Trinajstić information content (AvgIpc) is 3.18. The fourth-order valence-corrected chi connectivity index (χ4v) is 3.43. The molecule has 1 aliphatic rings. The molecule has 1 amide bonds. The Morgan fingerprint density at radius 3 is 2.91 bits per heavy atom. The van der Waals surface area contributed by atoms with Crippen molar-refractivity contribution < 1.29 is 4.79 Å². The summed E-state index contributed by atoms with van der Waals surface area (Å²) in [6, 6.07) is 8.13. The van der Waals surface area contributed by atoms with Crippen molar-refractivity contribution in [2.75, 3.05) is 11.1 Å². The van der Waals surface area contributed by atoms with Crippen molar-refractivity contribution in [3.8, 4) is 0 Å². The van der Waals surface area contributed by atoms with E-state index in [9.17, 15) is 4.79 Å². The van der Waals surface area contributed by atoms with Crippen molar-refractivity contribution in [2.24, 2.45) is 0 Å². The first-order valence-electron chi connectivity index (χ1n) is 7.50. The van der Waals surface area contributed by atoms with Gasteiger partial charge in [-0.1, -0.05) is 42.8 Å². The number of anilines is 1. The number of aromatic nitrogens is 4. The SMILES string of the molecule is Cc1ccccc1NC(=O)CSc1nnnn1C1CCCC1. The molecule has 1 N–H and O–H groups in total. The number of carbonyl (C=O) groups is 1. The molecule has 0 bridgehead atoms. The van der Waals surface area contributed by atoms with Crippen molar-refractivity contribution in [3.63, 3.8) is 0 Å². The Morgan fingerprint density at radius 1 is 1.36 bits per heavy atom. The van der Waals surface area contributed by atoms with Crippen molar-refractivity contribution in [1.82, 2.24) is 20.2 Å². The number of hydrogen-bond acceptors (Lipinski definition) is 5. The minimum Gasteiger partial charge on any atom is -0.325 e. The number of aryl methyl sites for hydroxylation is 1. The summed E-state index contributed by atoms with van der Waals surface area (Å²) in [7, 11) is 0. The molecule has 0 aliphatic heterocycles. The molecular formula is C15H19N5OS. The maximum atomic E-state index is 12.1. The van der Waals surface area contributed by atoms with Gasteiger partial charge in [-0.05, 0) is 41.8 Å². The van der Waals surface area contributed by atoms with Gasteiger partial charge in [-0.2, -0.15) is 0 Å². The molecule has 0 atom stereocenters. The monoisotopic (exact) mass is 317 g/mol. The number of nitrogens with zero attached hydrogens (tertiary/aromatic N) is 4. The quantitative estimate of drug-likeness (QED) is 0.859. The molecule has 1 aromatic heterocycles. The molecule has 1 aromatic carbocycles. The zero-order valence-corrected chi connectivity index (χ0v) is 13.3. The summed E-state index contributed by atoms with van der Waals surface area (Å²) in [6.07, 6.45) is 4.69. The number of benzene rings is 1. The Labute approximate surface area is 133 Å². The molecule has 1 saturated carbocycles. The summed E-state index contributed by atoms with van der Waals surface area (Å²) in [5.74, 6) is 0.266. The molecule has 1 fully saturated rings. The Kier molecular flexibility index (Phi) is 4.72. The molecule has 0 radical (unpaired) electrons. The van der Waals surface area contributed by atoms with Gasteiger partial charge in [0.25, 0.3) is 0 Å². The maximum Gasteiger partial charge on any atom is 0.234 e. The number of para-hydroxylation sites is 1. The highest BCUT2D eigenvalue weighted by molar-refractivity contribution is 7.99. The van der Waals surface area contributed by atoms with E-state index >= 15 is 0 Å². The van der Waals surface area contributed by atoms with Crippen molar-refractivity contribution in [2.45, 2.75) is 43.8 Å². The molecule has 2 aromatic rings. The summed E-state index contributed by atoms with van der Waals surface area (Å²) < 4.78 is 1.87. The fraction of sp³-hybridized carbons (Fsp3) is 0.467. The third-order valence-corrected chi connectivity index (χ3v) is 4.82. The number of thioether (sulfide) groups is 1. The van der Waals surface area contributed by atoms with Crippen LogP contribution in [0.2, 0.25) is 0 Å². The van der Waals surface area contributed by atoms with Gasteiger partial charge in [0.15, 0.2) is 0 Å². The zero-order valence-electron chi connectivity index (χ0n) is 12.5. The summed E-state index contributed by atoms with van der Waals surface area (Å²) in [5, 5.41) is 15.5. The lowest BCUT2D eigenvalue weighted by Gasteiger charge is -2.11. The van der Waals surface area contributed by atoms with E-state index in [1.54, 1.807) is 0 Å². The third kappa shape index (κ3) is 3.47. The lowest BCUT2D eigenvalue weighted by Crippen LogP contribution is -2.16. The zero-order chi connectivity index (χ0) is 15.4. The number of hydrogen-bond donors (Lipinski definition) is 1. The van der Waals surface area contributed by atoms with Crippen molar-refractivity contribution in [3.05, 3.63) is 29.8 Å². The predicted octanol–water partition coefficient (Wildman–Crippen LogP) is 2.83. The largest absolute Gasteiger partial charge is 0.325 e. The minimum absolute atomic E-state index is 0.0414. The highest BCUT2D eigenvalue weighted by Gasteiger charge is 2.22. The molecule has 3 rings (SSSR count). The normalized spacial score (nSPS) is 15.1. The van der Waals surface area contributed by atoms with Gasteiger partial charge < -0.3 is 5.32 Å². The van der Waals surface area contributed by atoms with E-state index in [0.29, 0.717) is 11.8 Å². The highest BCUT2D eigenvalue weighted by Crippen LogP contribution is 2.31. The second-order valence-corrected chi connectivity index (χ2v) is 6.44. The van der Waals surface area contributed by atoms with Gasteiger partial charge in [-0.3, -0.25) is 4.79 Å². The summed E-state index contributed by atoms with van der Waals surface area (Å²) in [4.78, 5) is 12.1. The van der Waals surface area contributed by atoms with Crippen LogP contribution in [0.5, 0.6) is 0 Å². The number of rotatable bonds is 5. The molecule has 6 nitrogen and oxygen atoms in total. The summed E-state index contributed by atoms with van der Waals surface area (Å²) in [5.41, 5.74) is 1.90. The number of carbonyl (C=O) groups excluding carboxylic acids is 1. The van der Waals surface area contributed by atoms with Crippen molar-refractivity contribution in [1.29, 1.82) is 0 Å². The maximum absolute atomic E-state index is 12.1. The lowest BCUT2D eigenvalue weighted by atomic mass is 10.2. The van der Waals surface area contributed by atoms with Gasteiger partial charge in [0, 0.05) is 5.69 Å². The van der Waals surface area contributed by atoms with Gasteiger partial charge in [0.2, 0.25) is 11.1 Å². The molecule has 116 valence electrons. The third-order valence-electron chi connectivity index (χ3n) is 3.88. The van der Waals surface area contributed by atoms with E-state index in [2.05, 4.69) is 20.8 Å². The van der Waals surface area contributed by atoms with Crippen LogP contribution >= 0.6 is 11.8 Å². The van der Waals surface area contributed by atoms with Crippen LogP contribution in [0.15, 0.2) is 29.4 Å². The van der Waals surface area contributed by atoms with Crippen LogP contribution in [0, 0.1) is 6.92 Å². The highest BCUT2D eigenvalue weighted by atomic mass is 32.2. The van der Waals surface area contributed by atoms with Crippen LogP contribution in [0.25, 0.3) is 0 Å². The van der Waals surface area contributed by atoms with Gasteiger partial charge in [-0.25, -0.2) is 4.68 Å². The predicted molar refractivity (Wildman–Crippen MR) is 85.9 cm³/mol. The molecule has 1 aliphatic carbocycles. The standard InChI is InChI=1S/C15H19N5OS/c1-11-6-2-5-9-13(11)16-14(21)10-22-15-17-18-19-20(15)12-7-3-4-8-12/h2,5-6,9,12H,3-4,7-8,10H2,1H3,(H,16,21). The van der Waals surface area contributed by atoms with E-state index in [0.717, 1.165) is 29.2 Å². The van der Waals surface area contributed by atoms with Crippen LogP contribution in [0.4, 0.5) is 5.69 Å². The van der Waals surface area contributed by atoms with Crippen molar-refractivity contribution >= 4 is 23.4 Å². The molecule has 7 heteroatoms. The van der Waals surface area contributed by atoms with Gasteiger partial charge in [-0.15, -0.1) is 5.10 Å². The first-order chi connectivity index (χ1) is 10.7. The lowest BCUT2D eigenvalue weighted by molar-refractivity contribution is -0.113. The first-order valence-corrected chi connectivity index (χ1v) is 8.49. The van der Waals surface area contributed by atoms with Crippen LogP contribution in [-0.4, -0.2) is 31.9 Å². The van der Waals surface area contributed by atoms with Crippen LogP contribution in [-0.2, 0) is 4.79 Å². The Balaban J connectivity index is 1.57. The average molecular weight is 317 g/mol. The van der Waals surface area contributed by atoms with Gasteiger partial charge >= 0.3 is 0 Å². The van der Waals surface area contributed by atoms with E-state index in [1.165, 1.54) is 24.6 Å². The second-order valence-electron chi connectivity index (χ2n) is 5.50. The molecular weight excluding hydrogens is 298 g/mol. The van der Waals surface area contributed by atoms with Gasteiger partial charge in [0.1, 0.15) is 0 Å². The minimum atomic E-state index is -0.0414. The second kappa shape index (κ2) is 6.91. The summed E-state index contributed by atoms with van der Waals surface area (Å²) >= 11 is 1.39. The van der Waals surface area contributed by atoms with Crippen LogP contribution < -0.4 is 5.32 Å². The molecule has 22 heavy (non-hydrogen) atoms. The molecule has 0 spiro atoms. The Hall–Kier alpha value is -1.89. The Morgan fingerprint density at radius 2 is 2.14 bits per heavy atom. The molecule has 0 unspecified atom stereocenters. The van der Waals surface area contributed by atoms with Crippen LogP contribution in [0.3, 0.4) is 0 Å². The first kappa shape index (κ1) is 15.0. The van der Waals surface area contributed by atoms with E-state index in [-0.39, 0.29) is 5.91 Å². The summed E-state index contributed by atoms with van der Waals surface area (Å²) in [6.45, 7) is 1.98. The fourth-order valence-electron chi connectivity index (χ4n) is 2.69. The molecule has 1 heterocycles. The van der Waals surface area contributed by atoms with Gasteiger partial charge in [0.05, 0.1) is 11.8 Å². The topological polar surface area (TPSA) is 72.7 Å². The number of amides is 1.